The molecule has 2 atom stereocenters. The van der Waals surface area contributed by atoms with E-state index in [1.54, 1.807) is 0 Å². The quantitative estimate of drug-likeness (QED) is 0.605. The number of rotatable bonds is 3. The number of nitrogens with two attached hydrogens (primary N) is 1. The third kappa shape index (κ3) is 2.00. The molecule has 1 saturated carbocycles. The van der Waals surface area contributed by atoms with Gasteiger partial charge in [0.25, 0.3) is 0 Å². The predicted octanol–water partition coefficient (Wildman–Crippen LogP) is 2.85. The molecule has 0 aliphatic heterocycles. The number of benzene rings is 1. The van der Waals surface area contributed by atoms with Crippen LogP contribution in [0.1, 0.15) is 43.0 Å². The van der Waals surface area contributed by atoms with Gasteiger partial charge in [-0.1, -0.05) is 37.6 Å². The van der Waals surface area contributed by atoms with Gasteiger partial charge < -0.3 is 0 Å². The molecular formula is C14H22N2. The van der Waals surface area contributed by atoms with Crippen LogP contribution in [0.2, 0.25) is 0 Å². The molecular weight excluding hydrogens is 196 g/mol. The van der Waals surface area contributed by atoms with Gasteiger partial charge >= 0.3 is 0 Å². The summed E-state index contributed by atoms with van der Waals surface area (Å²) >= 11 is 0. The molecule has 2 heteroatoms. The van der Waals surface area contributed by atoms with Gasteiger partial charge in [-0.2, -0.15) is 0 Å². The van der Waals surface area contributed by atoms with Crippen LogP contribution >= 0.6 is 0 Å². The SMILES string of the molecule is Cc1ccc(C(NN)C2CC2(C)C)c(C)c1. The molecule has 3 N–H and O–H groups in total. The van der Waals surface area contributed by atoms with E-state index in [0.29, 0.717) is 17.4 Å². The maximum atomic E-state index is 5.72. The zero-order valence-electron chi connectivity index (χ0n) is 10.7. The van der Waals surface area contributed by atoms with Gasteiger partial charge in [0.1, 0.15) is 0 Å². The van der Waals surface area contributed by atoms with Gasteiger partial charge in [-0.3, -0.25) is 11.3 Å². The Morgan fingerprint density at radius 3 is 2.44 bits per heavy atom. The molecule has 1 aliphatic rings. The molecule has 1 aromatic rings. The zero-order chi connectivity index (χ0) is 11.9. The van der Waals surface area contributed by atoms with Crippen molar-refractivity contribution in [2.45, 2.75) is 40.2 Å². The molecule has 88 valence electrons. The largest absolute Gasteiger partial charge is 0.271 e. The van der Waals surface area contributed by atoms with Crippen molar-refractivity contribution in [2.75, 3.05) is 0 Å². The standard InChI is InChI=1S/C14H22N2/c1-9-5-6-11(10(2)7-9)13(16-15)12-8-14(12,3)4/h5-7,12-13,16H,8,15H2,1-4H3. The van der Waals surface area contributed by atoms with Gasteiger partial charge in [0.15, 0.2) is 0 Å². The van der Waals surface area contributed by atoms with E-state index in [1.807, 2.05) is 0 Å². The molecule has 1 aromatic carbocycles. The van der Waals surface area contributed by atoms with Crippen molar-refractivity contribution >= 4 is 0 Å². The Labute approximate surface area is 98.2 Å². The van der Waals surface area contributed by atoms with Gasteiger partial charge in [-0.25, -0.2) is 0 Å². The van der Waals surface area contributed by atoms with Crippen LogP contribution in [0.4, 0.5) is 0 Å². The Morgan fingerprint density at radius 1 is 1.38 bits per heavy atom. The number of hydrazine groups is 1. The molecule has 16 heavy (non-hydrogen) atoms. The Kier molecular flexibility index (Phi) is 2.81. The molecule has 1 aliphatic carbocycles. The van der Waals surface area contributed by atoms with Crippen molar-refractivity contribution in [3.05, 3.63) is 34.9 Å². The lowest BCUT2D eigenvalue weighted by Crippen LogP contribution is -2.31. The number of aryl methyl sites for hydroxylation is 2. The molecule has 2 rings (SSSR count). The van der Waals surface area contributed by atoms with E-state index in [9.17, 15) is 0 Å². The summed E-state index contributed by atoms with van der Waals surface area (Å²) in [6, 6.07) is 6.91. The number of hydrogen-bond donors (Lipinski definition) is 2. The first kappa shape index (κ1) is 11.6. The normalized spacial score (nSPS) is 24.2. The summed E-state index contributed by atoms with van der Waals surface area (Å²) in [6.45, 7) is 8.92. The van der Waals surface area contributed by atoms with Crippen LogP contribution in [0.3, 0.4) is 0 Å². The summed E-state index contributed by atoms with van der Waals surface area (Å²) in [5.41, 5.74) is 7.44. The zero-order valence-corrected chi connectivity index (χ0v) is 10.7. The lowest BCUT2D eigenvalue weighted by Gasteiger charge is -2.20. The highest BCUT2D eigenvalue weighted by molar-refractivity contribution is 5.34. The minimum absolute atomic E-state index is 0.301. The summed E-state index contributed by atoms with van der Waals surface area (Å²) in [7, 11) is 0. The summed E-state index contributed by atoms with van der Waals surface area (Å²) in [6.07, 6.45) is 1.26. The van der Waals surface area contributed by atoms with Crippen LogP contribution < -0.4 is 11.3 Å². The van der Waals surface area contributed by atoms with E-state index in [4.69, 9.17) is 5.84 Å². The molecule has 0 radical (unpaired) electrons. The second-order valence-corrected chi connectivity index (χ2v) is 5.80. The summed E-state index contributed by atoms with van der Waals surface area (Å²) in [4.78, 5) is 0. The Balaban J connectivity index is 2.28. The van der Waals surface area contributed by atoms with Crippen molar-refractivity contribution in [3.8, 4) is 0 Å². The molecule has 0 amide bonds. The van der Waals surface area contributed by atoms with Gasteiger partial charge in [0.05, 0.1) is 0 Å². The lowest BCUT2D eigenvalue weighted by molar-refractivity contribution is 0.421. The maximum Gasteiger partial charge on any atom is 0.0496 e. The highest BCUT2D eigenvalue weighted by Crippen LogP contribution is 2.57. The number of nitrogens with one attached hydrogen (secondary N) is 1. The van der Waals surface area contributed by atoms with Crippen molar-refractivity contribution in [3.63, 3.8) is 0 Å². The van der Waals surface area contributed by atoms with Crippen LogP contribution in [0, 0.1) is 25.2 Å². The second-order valence-electron chi connectivity index (χ2n) is 5.80. The van der Waals surface area contributed by atoms with Gasteiger partial charge in [0, 0.05) is 6.04 Å². The van der Waals surface area contributed by atoms with Crippen LogP contribution in [-0.4, -0.2) is 0 Å². The van der Waals surface area contributed by atoms with Crippen LogP contribution in [-0.2, 0) is 0 Å². The molecule has 0 heterocycles. The monoisotopic (exact) mass is 218 g/mol. The Hall–Kier alpha value is -0.860. The van der Waals surface area contributed by atoms with Crippen LogP contribution in [0.5, 0.6) is 0 Å². The first-order valence-corrected chi connectivity index (χ1v) is 5.99. The lowest BCUT2D eigenvalue weighted by atomic mass is 9.93. The van der Waals surface area contributed by atoms with Gasteiger partial charge in [-0.15, -0.1) is 0 Å². The second kappa shape index (κ2) is 3.86. The van der Waals surface area contributed by atoms with E-state index >= 15 is 0 Å². The third-order valence-electron chi connectivity index (χ3n) is 3.93. The van der Waals surface area contributed by atoms with E-state index < -0.39 is 0 Å². The third-order valence-corrected chi connectivity index (χ3v) is 3.93. The van der Waals surface area contributed by atoms with Crippen LogP contribution in [0.15, 0.2) is 18.2 Å². The van der Waals surface area contributed by atoms with E-state index in [0.717, 1.165) is 0 Å². The first-order valence-electron chi connectivity index (χ1n) is 5.99. The molecule has 0 spiro atoms. The van der Waals surface area contributed by atoms with Crippen molar-refractivity contribution < 1.29 is 0 Å². The topological polar surface area (TPSA) is 38.0 Å². The average Bonchev–Trinajstić information content (AvgIpc) is 2.80. The molecule has 1 fully saturated rings. The average molecular weight is 218 g/mol. The Bertz CT molecular complexity index is 396. The molecule has 0 saturated heterocycles. The molecule has 0 bridgehead atoms. The van der Waals surface area contributed by atoms with E-state index in [-0.39, 0.29) is 0 Å². The minimum atomic E-state index is 0.301. The predicted molar refractivity (Wildman–Crippen MR) is 67.9 cm³/mol. The van der Waals surface area contributed by atoms with Crippen molar-refractivity contribution in [1.82, 2.24) is 5.43 Å². The highest BCUT2D eigenvalue weighted by atomic mass is 15.2. The number of hydrogen-bond acceptors (Lipinski definition) is 2. The summed E-state index contributed by atoms with van der Waals surface area (Å²) in [5.74, 6) is 6.39. The molecule has 2 nitrogen and oxygen atoms in total. The van der Waals surface area contributed by atoms with Crippen molar-refractivity contribution in [2.24, 2.45) is 17.2 Å². The molecule has 0 aromatic heterocycles. The maximum absolute atomic E-state index is 5.72. The van der Waals surface area contributed by atoms with Crippen LogP contribution in [0.25, 0.3) is 0 Å². The first-order chi connectivity index (χ1) is 7.45. The van der Waals surface area contributed by atoms with Crippen molar-refractivity contribution in [1.29, 1.82) is 0 Å². The molecule has 2 unspecified atom stereocenters. The highest BCUT2D eigenvalue weighted by Gasteiger charge is 2.50. The fourth-order valence-corrected chi connectivity index (χ4v) is 2.67. The summed E-state index contributed by atoms with van der Waals surface area (Å²) < 4.78 is 0. The van der Waals surface area contributed by atoms with Gasteiger partial charge in [-0.05, 0) is 42.7 Å². The summed E-state index contributed by atoms with van der Waals surface area (Å²) in [5, 5.41) is 0. The minimum Gasteiger partial charge on any atom is -0.271 e. The fraction of sp³-hybridized carbons (Fsp3) is 0.571. The van der Waals surface area contributed by atoms with E-state index in [2.05, 4.69) is 51.3 Å². The Morgan fingerprint density at radius 2 is 2.00 bits per heavy atom. The van der Waals surface area contributed by atoms with Gasteiger partial charge in [0.2, 0.25) is 0 Å². The van der Waals surface area contributed by atoms with E-state index in [1.165, 1.54) is 23.1 Å². The fourth-order valence-electron chi connectivity index (χ4n) is 2.67. The smallest absolute Gasteiger partial charge is 0.0496 e.